The van der Waals surface area contributed by atoms with Crippen molar-refractivity contribution in [1.82, 2.24) is 16.0 Å². The van der Waals surface area contributed by atoms with E-state index >= 15 is 0 Å². The maximum Gasteiger partial charge on any atom is 0.251 e. The maximum absolute atomic E-state index is 13.5. The van der Waals surface area contributed by atoms with Crippen molar-refractivity contribution < 1.29 is 86.5 Å². The first kappa shape index (κ1) is 79.0. The van der Waals surface area contributed by atoms with E-state index in [1.807, 2.05) is 0 Å². The topological polar surface area (TPSA) is 259 Å². The summed E-state index contributed by atoms with van der Waals surface area (Å²) in [6.07, 6.45) is 25.8. The van der Waals surface area contributed by atoms with Gasteiger partial charge in [-0.1, -0.05) is 116 Å². The van der Waals surface area contributed by atoms with E-state index < -0.39 is 0 Å². The molecule has 0 atom stereocenters. The number of nitrogens with one attached hydrogen (secondary N) is 3. The van der Waals surface area contributed by atoms with Crippen molar-refractivity contribution in [1.29, 1.82) is 0 Å². The largest absolute Gasteiger partial charge is 0.394 e. The zero-order chi connectivity index (χ0) is 60.4. The Morgan fingerprint density at radius 3 is 0.571 bits per heavy atom. The molecular weight excluding hydrogens is 1090 g/mol. The Labute approximate surface area is 505 Å². The van der Waals surface area contributed by atoms with Crippen LogP contribution in [0.15, 0.2) is 18.2 Å². The van der Waals surface area contributed by atoms with E-state index in [1.54, 1.807) is 18.2 Å². The second-order valence-corrected chi connectivity index (χ2v) is 20.6. The van der Waals surface area contributed by atoms with Gasteiger partial charge in [-0.3, -0.25) is 14.4 Å². The quantitative estimate of drug-likeness (QED) is 0.0347. The van der Waals surface area contributed by atoms with Crippen LogP contribution in [0.25, 0.3) is 0 Å². The van der Waals surface area contributed by atoms with Gasteiger partial charge in [0.1, 0.15) is 0 Å². The summed E-state index contributed by atoms with van der Waals surface area (Å²) < 4.78 is 65.2. The number of unbranched alkanes of at least 4 members (excludes halogenated alkanes) is 21. The third-order valence-corrected chi connectivity index (χ3v) is 13.3. The van der Waals surface area contributed by atoms with Gasteiger partial charge in [-0.05, 0) is 56.7 Å². The van der Waals surface area contributed by atoms with Gasteiger partial charge in [-0.25, -0.2) is 0 Å². The highest BCUT2D eigenvalue weighted by atomic mass is 16.6. The van der Waals surface area contributed by atoms with E-state index in [-0.39, 0.29) is 37.5 Å². The molecule has 1 rings (SSSR count). The first-order valence-corrected chi connectivity index (χ1v) is 32.3. The molecule has 6 N–H and O–H groups in total. The number of carbonyl (C=O) groups is 3. The van der Waals surface area contributed by atoms with Gasteiger partial charge in [-0.15, -0.1) is 0 Å². The van der Waals surface area contributed by atoms with Gasteiger partial charge < -0.3 is 88.1 Å². The van der Waals surface area contributed by atoms with E-state index in [4.69, 9.17) is 72.2 Å². The zero-order valence-electron chi connectivity index (χ0n) is 51.9. The molecule has 0 aliphatic rings. The molecule has 0 heterocycles. The average Bonchev–Trinajstić information content (AvgIpc) is 3.57. The number of hydrogen-bond acceptors (Lipinski definition) is 18. The van der Waals surface area contributed by atoms with Crippen molar-refractivity contribution in [2.45, 2.75) is 154 Å². The number of amides is 3. The van der Waals surface area contributed by atoms with Crippen LogP contribution in [0.4, 0.5) is 0 Å². The molecule has 0 saturated heterocycles. The lowest BCUT2D eigenvalue weighted by atomic mass is 10.0. The lowest BCUT2D eigenvalue weighted by molar-refractivity contribution is -0.00577. The fourth-order valence-electron chi connectivity index (χ4n) is 8.58. The second kappa shape index (κ2) is 66.0. The third kappa shape index (κ3) is 55.6. The molecule has 3 amide bonds. The summed E-state index contributed by atoms with van der Waals surface area (Å²) in [7, 11) is 0. The first-order valence-electron chi connectivity index (χ1n) is 32.3. The number of hydrogen-bond donors (Lipinski definition) is 6. The molecule has 0 unspecified atom stereocenters. The lowest BCUT2D eigenvalue weighted by Gasteiger charge is -2.12. The number of aliphatic hydroxyl groups is 3. The Morgan fingerprint density at radius 1 is 0.226 bits per heavy atom. The fraction of sp³-hybridized carbons (Fsp3) is 0.857. The van der Waals surface area contributed by atoms with Gasteiger partial charge in [0.25, 0.3) is 17.7 Å². The van der Waals surface area contributed by atoms with Crippen LogP contribution >= 0.6 is 0 Å². The van der Waals surface area contributed by atoms with Crippen LogP contribution < -0.4 is 16.0 Å². The molecule has 0 radical (unpaired) electrons. The summed E-state index contributed by atoms with van der Waals surface area (Å²) in [6, 6.07) is 4.79. The van der Waals surface area contributed by atoms with Gasteiger partial charge >= 0.3 is 0 Å². The summed E-state index contributed by atoms with van der Waals surface area (Å²) >= 11 is 0. The van der Waals surface area contributed by atoms with Gasteiger partial charge in [0.2, 0.25) is 0 Å². The van der Waals surface area contributed by atoms with Crippen LogP contribution in [-0.2, 0) is 56.8 Å². The molecular formula is C63H117N3O18. The molecule has 0 aromatic heterocycles. The highest BCUT2D eigenvalue weighted by Gasteiger charge is 2.17. The Balaban J connectivity index is 2.36. The molecule has 1 aromatic carbocycles. The lowest BCUT2D eigenvalue weighted by Crippen LogP contribution is -2.29. The Hall–Kier alpha value is -2.97. The van der Waals surface area contributed by atoms with Crippen molar-refractivity contribution in [3.63, 3.8) is 0 Å². The van der Waals surface area contributed by atoms with E-state index in [0.717, 1.165) is 155 Å². The van der Waals surface area contributed by atoms with E-state index in [9.17, 15) is 14.4 Å². The normalized spacial score (nSPS) is 11.5. The fourth-order valence-corrected chi connectivity index (χ4v) is 8.58. The van der Waals surface area contributed by atoms with E-state index in [2.05, 4.69) is 16.0 Å². The number of carbonyl (C=O) groups excluding carboxylic acids is 3. The molecule has 84 heavy (non-hydrogen) atoms. The SMILES string of the molecule is O=C(NCCCCCCCCCCOCCOCCOCCOCCO)c1cc(C(=O)NCCCCCCCCCCOCCOCCOCCOCCO)cc(C(=O)NCCCCCCCCCCOCCOCCOCCOCCO)c1. The van der Waals surface area contributed by atoms with E-state index in [1.165, 1.54) is 19.3 Å². The molecule has 1 aromatic rings. The van der Waals surface area contributed by atoms with Crippen LogP contribution in [-0.4, -0.2) is 231 Å². The highest BCUT2D eigenvalue weighted by Crippen LogP contribution is 2.15. The van der Waals surface area contributed by atoms with E-state index in [0.29, 0.717) is 175 Å². The van der Waals surface area contributed by atoms with Crippen molar-refractivity contribution in [2.75, 3.05) is 198 Å². The monoisotopic (exact) mass is 1200 g/mol. The average molecular weight is 1200 g/mol. The molecule has 0 aliphatic heterocycles. The van der Waals surface area contributed by atoms with Gasteiger partial charge in [-0.2, -0.15) is 0 Å². The predicted molar refractivity (Wildman–Crippen MR) is 325 cm³/mol. The maximum atomic E-state index is 13.5. The summed E-state index contributed by atoms with van der Waals surface area (Å²) in [5, 5.41) is 35.1. The molecule has 21 nitrogen and oxygen atoms in total. The first-order chi connectivity index (χ1) is 41.5. The summed E-state index contributed by atoms with van der Waals surface area (Å²) in [5.74, 6) is -0.871. The molecule has 0 fully saturated rings. The van der Waals surface area contributed by atoms with Crippen molar-refractivity contribution in [3.8, 4) is 0 Å². The molecule has 0 aliphatic carbocycles. The number of rotatable bonds is 69. The van der Waals surface area contributed by atoms with Crippen LogP contribution in [0.5, 0.6) is 0 Å². The molecule has 0 saturated carbocycles. The Kier molecular flexibility index (Phi) is 62.1. The van der Waals surface area contributed by atoms with Crippen LogP contribution in [0, 0.1) is 0 Å². The summed E-state index contributed by atoms with van der Waals surface area (Å²) in [6.45, 7) is 14.1. The van der Waals surface area contributed by atoms with Crippen molar-refractivity contribution in [3.05, 3.63) is 34.9 Å². The highest BCUT2D eigenvalue weighted by molar-refractivity contribution is 6.04. The predicted octanol–water partition coefficient (Wildman–Crippen LogP) is 7.41. The van der Waals surface area contributed by atoms with Crippen LogP contribution in [0.3, 0.4) is 0 Å². The van der Waals surface area contributed by atoms with Gasteiger partial charge in [0, 0.05) is 56.1 Å². The summed E-state index contributed by atoms with van der Waals surface area (Å²) in [5.41, 5.74) is 0.915. The molecule has 21 heteroatoms. The third-order valence-electron chi connectivity index (χ3n) is 13.3. The number of aliphatic hydroxyl groups excluding tert-OH is 3. The molecule has 492 valence electrons. The number of benzene rings is 1. The zero-order valence-corrected chi connectivity index (χ0v) is 51.9. The molecule has 0 spiro atoms. The minimum absolute atomic E-state index is 0.0174. The minimum Gasteiger partial charge on any atom is -0.394 e. The summed E-state index contributed by atoms with van der Waals surface area (Å²) in [4.78, 5) is 40.4. The van der Waals surface area contributed by atoms with Crippen LogP contribution in [0.1, 0.15) is 185 Å². The second-order valence-electron chi connectivity index (χ2n) is 20.6. The van der Waals surface area contributed by atoms with Crippen molar-refractivity contribution >= 4 is 17.7 Å². The van der Waals surface area contributed by atoms with Crippen LogP contribution in [0.2, 0.25) is 0 Å². The van der Waals surface area contributed by atoms with Gasteiger partial charge in [0.05, 0.1) is 159 Å². The smallest absolute Gasteiger partial charge is 0.251 e. The Bertz CT molecular complexity index is 1380. The standard InChI is InChI=1S/C63H117N3O18/c67-28-34-76-40-46-82-52-49-79-43-37-73-31-22-16-10-4-1-7-13-19-25-64-61(70)58-55-59(62(71)65-26-20-14-8-2-5-11-17-23-32-74-38-44-80-50-53-83-47-41-77-35-29-68)57-60(56-58)63(72)66-27-21-15-9-3-6-12-18-24-33-75-39-45-81-51-54-84-48-42-78-36-30-69/h55-57,67-69H,1-54H2,(H,64,70)(H,65,71)(H,66,72). The van der Waals surface area contributed by atoms with Gasteiger partial charge in [0.15, 0.2) is 0 Å². The number of ether oxygens (including phenoxy) is 12. The van der Waals surface area contributed by atoms with Crippen molar-refractivity contribution in [2.24, 2.45) is 0 Å². The molecule has 0 bridgehead atoms. The minimum atomic E-state index is -0.290. The Morgan fingerprint density at radius 2 is 0.381 bits per heavy atom.